The number of rotatable bonds is 4. The lowest BCUT2D eigenvalue weighted by Crippen LogP contribution is -2.55. The first-order chi connectivity index (χ1) is 11.9. The number of halogens is 1. The summed E-state index contributed by atoms with van der Waals surface area (Å²) in [7, 11) is 0. The van der Waals surface area contributed by atoms with Gasteiger partial charge in [-0.15, -0.1) is 0 Å². The zero-order valence-electron chi connectivity index (χ0n) is 15.1. The fourth-order valence-electron chi connectivity index (χ4n) is 3.82. The van der Waals surface area contributed by atoms with Crippen LogP contribution >= 0.6 is 0 Å². The number of piperidine rings is 1. The minimum Gasteiger partial charge on any atom is -0.353 e. The summed E-state index contributed by atoms with van der Waals surface area (Å²) in [4.78, 5) is 26.9. The number of nitrogens with one attached hydrogen (secondary N) is 1. The number of amides is 2. The minimum atomic E-state index is -0.471. The molecule has 0 bridgehead atoms. The van der Waals surface area contributed by atoms with Crippen LogP contribution < -0.4 is 5.32 Å². The SMILES string of the molecule is CC(C)C(=O)NC1CCN(C(=O)C2(c3ccc(F)cc3)CCC2)CC1. The lowest BCUT2D eigenvalue weighted by atomic mass is 9.63. The van der Waals surface area contributed by atoms with Crippen molar-refractivity contribution in [3.63, 3.8) is 0 Å². The van der Waals surface area contributed by atoms with Crippen LogP contribution in [0.15, 0.2) is 24.3 Å². The van der Waals surface area contributed by atoms with Crippen LogP contribution in [-0.2, 0) is 15.0 Å². The zero-order valence-corrected chi connectivity index (χ0v) is 15.1. The van der Waals surface area contributed by atoms with Gasteiger partial charge in [0.2, 0.25) is 11.8 Å². The van der Waals surface area contributed by atoms with Crippen molar-refractivity contribution in [2.45, 2.75) is 57.4 Å². The van der Waals surface area contributed by atoms with Crippen LogP contribution in [0, 0.1) is 11.7 Å². The molecule has 1 aliphatic carbocycles. The largest absolute Gasteiger partial charge is 0.353 e. The normalized spacial score (nSPS) is 20.2. The van der Waals surface area contributed by atoms with Gasteiger partial charge in [0.1, 0.15) is 5.82 Å². The molecule has 1 aromatic carbocycles. The zero-order chi connectivity index (χ0) is 18.0. The van der Waals surface area contributed by atoms with E-state index >= 15 is 0 Å². The summed E-state index contributed by atoms with van der Waals surface area (Å²) in [5, 5.41) is 3.06. The summed E-state index contributed by atoms with van der Waals surface area (Å²) in [6.45, 7) is 5.11. The average molecular weight is 346 g/mol. The van der Waals surface area contributed by atoms with E-state index in [0.717, 1.165) is 37.7 Å². The molecule has 25 heavy (non-hydrogen) atoms. The molecule has 4 nitrogen and oxygen atoms in total. The molecule has 1 saturated heterocycles. The van der Waals surface area contributed by atoms with Crippen molar-refractivity contribution >= 4 is 11.8 Å². The molecule has 5 heteroatoms. The van der Waals surface area contributed by atoms with Gasteiger partial charge in [-0.1, -0.05) is 32.4 Å². The van der Waals surface area contributed by atoms with Crippen LogP contribution in [0.4, 0.5) is 4.39 Å². The summed E-state index contributed by atoms with van der Waals surface area (Å²) in [6, 6.07) is 6.54. The Kier molecular flexibility index (Phi) is 5.11. The molecule has 0 spiro atoms. The molecule has 0 atom stereocenters. The predicted octanol–water partition coefficient (Wildman–Crippen LogP) is 3.01. The molecule has 2 fully saturated rings. The van der Waals surface area contributed by atoms with Crippen molar-refractivity contribution in [1.29, 1.82) is 0 Å². The number of nitrogens with zero attached hydrogens (tertiary/aromatic N) is 1. The summed E-state index contributed by atoms with van der Waals surface area (Å²) in [5.74, 6) is -0.0469. The Hall–Kier alpha value is -1.91. The van der Waals surface area contributed by atoms with Gasteiger partial charge in [-0.25, -0.2) is 4.39 Å². The molecule has 3 rings (SSSR count). The first kappa shape index (κ1) is 17.9. The molecular formula is C20H27FN2O2. The van der Waals surface area contributed by atoms with Gasteiger partial charge in [-0.2, -0.15) is 0 Å². The summed E-state index contributed by atoms with van der Waals surface area (Å²) < 4.78 is 13.2. The predicted molar refractivity (Wildman–Crippen MR) is 94.5 cm³/mol. The highest BCUT2D eigenvalue weighted by Gasteiger charge is 2.48. The van der Waals surface area contributed by atoms with E-state index in [9.17, 15) is 14.0 Å². The Morgan fingerprint density at radius 3 is 2.24 bits per heavy atom. The van der Waals surface area contributed by atoms with Crippen molar-refractivity contribution in [2.75, 3.05) is 13.1 Å². The molecular weight excluding hydrogens is 319 g/mol. The quantitative estimate of drug-likeness (QED) is 0.911. The van der Waals surface area contributed by atoms with Crippen LogP contribution in [0.5, 0.6) is 0 Å². The molecule has 1 saturated carbocycles. The van der Waals surface area contributed by atoms with Crippen molar-refractivity contribution in [3.05, 3.63) is 35.6 Å². The van der Waals surface area contributed by atoms with Gasteiger partial charge in [-0.3, -0.25) is 9.59 Å². The molecule has 0 aromatic heterocycles. The third kappa shape index (κ3) is 3.55. The fourth-order valence-corrected chi connectivity index (χ4v) is 3.82. The Balaban J connectivity index is 1.63. The lowest BCUT2D eigenvalue weighted by molar-refractivity contribution is -0.142. The van der Waals surface area contributed by atoms with Crippen LogP contribution in [-0.4, -0.2) is 35.8 Å². The highest BCUT2D eigenvalue weighted by molar-refractivity contribution is 5.89. The van der Waals surface area contributed by atoms with Gasteiger partial charge in [0, 0.05) is 25.0 Å². The monoisotopic (exact) mass is 346 g/mol. The Bertz CT molecular complexity index is 630. The number of hydrogen-bond acceptors (Lipinski definition) is 2. The summed E-state index contributed by atoms with van der Waals surface area (Å²) >= 11 is 0. The smallest absolute Gasteiger partial charge is 0.233 e. The molecule has 2 aliphatic rings. The fraction of sp³-hybridized carbons (Fsp3) is 0.600. The Labute approximate surface area is 148 Å². The molecule has 1 aliphatic heterocycles. The number of hydrogen-bond donors (Lipinski definition) is 1. The minimum absolute atomic E-state index is 0.0172. The van der Waals surface area contributed by atoms with Crippen molar-refractivity contribution < 1.29 is 14.0 Å². The number of carbonyl (C=O) groups excluding carboxylic acids is 2. The number of benzene rings is 1. The molecule has 136 valence electrons. The molecule has 1 N–H and O–H groups in total. The first-order valence-electron chi connectivity index (χ1n) is 9.28. The van der Waals surface area contributed by atoms with Crippen LogP contribution in [0.25, 0.3) is 0 Å². The second-order valence-corrected chi connectivity index (χ2v) is 7.67. The van der Waals surface area contributed by atoms with Gasteiger partial charge < -0.3 is 10.2 Å². The maximum Gasteiger partial charge on any atom is 0.233 e. The first-order valence-corrected chi connectivity index (χ1v) is 9.28. The van der Waals surface area contributed by atoms with E-state index in [1.54, 1.807) is 12.1 Å². The van der Waals surface area contributed by atoms with E-state index in [0.29, 0.717) is 13.1 Å². The molecule has 1 heterocycles. The van der Waals surface area contributed by atoms with Crippen LogP contribution in [0.3, 0.4) is 0 Å². The van der Waals surface area contributed by atoms with Gasteiger partial charge in [0.05, 0.1) is 5.41 Å². The Morgan fingerprint density at radius 2 is 1.76 bits per heavy atom. The van der Waals surface area contributed by atoms with Crippen LogP contribution in [0.2, 0.25) is 0 Å². The molecule has 0 unspecified atom stereocenters. The lowest BCUT2D eigenvalue weighted by Gasteiger charge is -2.45. The molecule has 1 aromatic rings. The topological polar surface area (TPSA) is 49.4 Å². The highest BCUT2D eigenvalue weighted by atomic mass is 19.1. The van der Waals surface area contributed by atoms with E-state index in [4.69, 9.17) is 0 Å². The van der Waals surface area contributed by atoms with E-state index < -0.39 is 5.41 Å². The number of likely N-dealkylation sites (tertiary alicyclic amines) is 1. The van der Waals surface area contributed by atoms with E-state index in [-0.39, 0.29) is 29.6 Å². The number of carbonyl (C=O) groups is 2. The maximum absolute atomic E-state index is 13.2. The third-order valence-electron chi connectivity index (χ3n) is 5.67. The van der Waals surface area contributed by atoms with Gasteiger partial charge in [0.15, 0.2) is 0 Å². The summed E-state index contributed by atoms with van der Waals surface area (Å²) in [5.41, 5.74) is 0.460. The molecule has 0 radical (unpaired) electrons. The Morgan fingerprint density at radius 1 is 1.16 bits per heavy atom. The highest BCUT2D eigenvalue weighted by Crippen LogP contribution is 2.45. The van der Waals surface area contributed by atoms with E-state index in [1.165, 1.54) is 12.1 Å². The average Bonchev–Trinajstić information content (AvgIpc) is 2.56. The standard InChI is InChI=1S/C20H27FN2O2/c1-14(2)18(24)22-17-8-12-23(13-9-17)19(25)20(10-3-11-20)15-4-6-16(21)7-5-15/h4-7,14,17H,3,8-13H2,1-2H3,(H,22,24). The van der Waals surface area contributed by atoms with Crippen LogP contribution in [0.1, 0.15) is 51.5 Å². The maximum atomic E-state index is 13.2. The second kappa shape index (κ2) is 7.14. The second-order valence-electron chi connectivity index (χ2n) is 7.67. The van der Waals surface area contributed by atoms with Crippen molar-refractivity contribution in [3.8, 4) is 0 Å². The van der Waals surface area contributed by atoms with Gasteiger partial charge in [0.25, 0.3) is 0 Å². The third-order valence-corrected chi connectivity index (χ3v) is 5.67. The van der Waals surface area contributed by atoms with Gasteiger partial charge in [-0.05, 0) is 43.4 Å². The van der Waals surface area contributed by atoms with E-state index in [1.807, 2.05) is 18.7 Å². The van der Waals surface area contributed by atoms with Gasteiger partial charge >= 0.3 is 0 Å². The summed E-state index contributed by atoms with van der Waals surface area (Å²) in [6.07, 6.45) is 4.29. The van der Waals surface area contributed by atoms with Crippen molar-refractivity contribution in [1.82, 2.24) is 10.2 Å². The van der Waals surface area contributed by atoms with E-state index in [2.05, 4.69) is 5.32 Å². The van der Waals surface area contributed by atoms with Crippen molar-refractivity contribution in [2.24, 2.45) is 5.92 Å². The molecule has 2 amide bonds.